The molecule has 0 aliphatic carbocycles. The number of hydrogen-bond donors (Lipinski definition) is 2. The topological polar surface area (TPSA) is 85.6 Å². The van der Waals surface area contributed by atoms with Crippen LogP contribution in [0.5, 0.6) is 5.75 Å². The first-order chi connectivity index (χ1) is 14.1. The zero-order valence-electron chi connectivity index (χ0n) is 16.6. The number of aliphatic hydroxyl groups is 1. The molecule has 1 amide bonds. The van der Waals surface area contributed by atoms with E-state index >= 15 is 0 Å². The van der Waals surface area contributed by atoms with Gasteiger partial charge < -0.3 is 24.5 Å². The van der Waals surface area contributed by atoms with Crippen LogP contribution >= 0.6 is 0 Å². The third kappa shape index (κ3) is 3.97. The first-order valence-electron chi connectivity index (χ1n) is 9.71. The predicted molar refractivity (Wildman–Crippen MR) is 109 cm³/mol. The van der Waals surface area contributed by atoms with E-state index in [1.165, 1.54) is 0 Å². The quantitative estimate of drug-likeness (QED) is 0.692. The Bertz CT molecular complexity index is 1010. The highest BCUT2D eigenvalue weighted by atomic mass is 16.5. The van der Waals surface area contributed by atoms with Crippen molar-refractivity contribution >= 4 is 16.9 Å². The minimum atomic E-state index is -0.699. The van der Waals surface area contributed by atoms with Gasteiger partial charge in [-0.3, -0.25) is 9.78 Å². The van der Waals surface area contributed by atoms with E-state index in [1.54, 1.807) is 13.3 Å². The molecule has 0 spiro atoms. The minimum Gasteiger partial charge on any atom is -0.497 e. The number of rotatable bonds is 5. The van der Waals surface area contributed by atoms with Crippen LogP contribution in [0.25, 0.3) is 11.0 Å². The Hall–Kier alpha value is -2.90. The van der Waals surface area contributed by atoms with Gasteiger partial charge in [0.05, 0.1) is 36.9 Å². The number of methoxy groups -OCH3 is 1. The Balaban J connectivity index is 1.66. The van der Waals surface area contributed by atoms with Crippen LogP contribution in [0.2, 0.25) is 0 Å². The smallest absolute Gasteiger partial charge is 0.255 e. The first-order valence-corrected chi connectivity index (χ1v) is 9.71. The van der Waals surface area contributed by atoms with Gasteiger partial charge in [-0.05, 0) is 42.7 Å². The summed E-state index contributed by atoms with van der Waals surface area (Å²) >= 11 is 0. The summed E-state index contributed by atoms with van der Waals surface area (Å²) < 4.78 is 12.5. The summed E-state index contributed by atoms with van der Waals surface area (Å²) in [5.41, 5.74) is 4.25. The summed E-state index contributed by atoms with van der Waals surface area (Å²) in [4.78, 5) is 17.5. The third-order valence-corrected chi connectivity index (χ3v) is 5.35. The minimum absolute atomic E-state index is 0.229. The molecule has 29 heavy (non-hydrogen) atoms. The zero-order chi connectivity index (χ0) is 20.4. The fourth-order valence-corrected chi connectivity index (χ4v) is 3.75. The van der Waals surface area contributed by atoms with Crippen molar-refractivity contribution < 1.29 is 19.4 Å². The van der Waals surface area contributed by atoms with Crippen molar-refractivity contribution in [1.29, 1.82) is 0 Å². The maximum absolute atomic E-state index is 13.0. The molecule has 7 heteroatoms. The molecule has 2 aromatic heterocycles. The highest BCUT2D eigenvalue weighted by molar-refractivity contribution is 6.06. The SMILES string of the molecule is COc1ccc(Cn2cc(C(=O)N[C@@H]3CCOC[C@H]3O)c3nccc(C)c32)cc1. The van der Waals surface area contributed by atoms with Gasteiger partial charge in [0.25, 0.3) is 5.91 Å². The number of amides is 1. The molecule has 3 heterocycles. The molecule has 1 aliphatic heterocycles. The molecule has 0 bridgehead atoms. The van der Waals surface area contributed by atoms with Gasteiger partial charge in [-0.25, -0.2) is 0 Å². The van der Waals surface area contributed by atoms with Crippen LogP contribution < -0.4 is 10.1 Å². The molecule has 1 aromatic carbocycles. The van der Waals surface area contributed by atoms with E-state index in [2.05, 4.69) is 14.9 Å². The van der Waals surface area contributed by atoms with Crippen LogP contribution in [0.3, 0.4) is 0 Å². The van der Waals surface area contributed by atoms with Crippen molar-refractivity contribution in [3.8, 4) is 5.75 Å². The predicted octanol–water partition coefficient (Wildman–Crippen LogP) is 2.28. The highest BCUT2D eigenvalue weighted by Crippen LogP contribution is 2.24. The van der Waals surface area contributed by atoms with Crippen molar-refractivity contribution in [2.75, 3.05) is 20.3 Å². The number of fused-ring (bicyclic) bond motifs is 1. The molecule has 4 rings (SSSR count). The summed E-state index contributed by atoms with van der Waals surface area (Å²) in [6, 6.07) is 9.49. The maximum atomic E-state index is 13.0. The Morgan fingerprint density at radius 3 is 2.86 bits per heavy atom. The van der Waals surface area contributed by atoms with Crippen LogP contribution in [-0.2, 0) is 11.3 Å². The van der Waals surface area contributed by atoms with E-state index in [4.69, 9.17) is 9.47 Å². The molecule has 7 nitrogen and oxygen atoms in total. The number of aromatic nitrogens is 2. The number of carbonyl (C=O) groups is 1. The Morgan fingerprint density at radius 1 is 1.34 bits per heavy atom. The van der Waals surface area contributed by atoms with Crippen molar-refractivity contribution in [1.82, 2.24) is 14.9 Å². The number of nitrogens with one attached hydrogen (secondary N) is 1. The maximum Gasteiger partial charge on any atom is 0.255 e. The van der Waals surface area contributed by atoms with E-state index < -0.39 is 6.10 Å². The average Bonchev–Trinajstić information content (AvgIpc) is 3.10. The van der Waals surface area contributed by atoms with Crippen LogP contribution in [0.1, 0.15) is 27.9 Å². The molecule has 2 atom stereocenters. The van der Waals surface area contributed by atoms with E-state index in [9.17, 15) is 9.90 Å². The molecule has 3 aromatic rings. The zero-order valence-corrected chi connectivity index (χ0v) is 16.6. The van der Waals surface area contributed by atoms with Gasteiger partial charge in [0.1, 0.15) is 11.3 Å². The molecule has 1 fully saturated rings. The van der Waals surface area contributed by atoms with Gasteiger partial charge in [0.15, 0.2) is 0 Å². The largest absolute Gasteiger partial charge is 0.497 e. The fourth-order valence-electron chi connectivity index (χ4n) is 3.75. The second kappa shape index (κ2) is 8.23. The molecule has 0 saturated carbocycles. The van der Waals surface area contributed by atoms with E-state index in [0.29, 0.717) is 30.7 Å². The van der Waals surface area contributed by atoms with E-state index in [0.717, 1.165) is 22.4 Å². The van der Waals surface area contributed by atoms with Crippen LogP contribution in [0.15, 0.2) is 42.7 Å². The van der Waals surface area contributed by atoms with Crippen molar-refractivity contribution in [2.24, 2.45) is 0 Å². The van der Waals surface area contributed by atoms with E-state index in [1.807, 2.05) is 43.5 Å². The number of ether oxygens (including phenoxy) is 2. The molecule has 152 valence electrons. The van der Waals surface area contributed by atoms with Crippen molar-refractivity contribution in [3.05, 3.63) is 59.4 Å². The third-order valence-electron chi connectivity index (χ3n) is 5.35. The standard InChI is InChI=1S/C22H25N3O4/c1-14-7-9-23-20-17(22(27)24-18-8-10-29-13-19(18)26)12-25(21(14)20)11-15-3-5-16(28-2)6-4-15/h3-7,9,12,18-19,26H,8,10-11,13H2,1-2H3,(H,24,27)/t18-,19-/m1/s1. The summed E-state index contributed by atoms with van der Waals surface area (Å²) in [7, 11) is 1.64. The molecule has 0 unspecified atom stereocenters. The van der Waals surface area contributed by atoms with Gasteiger partial charge in [0.2, 0.25) is 0 Å². The van der Waals surface area contributed by atoms with Crippen LogP contribution in [0.4, 0.5) is 0 Å². The van der Waals surface area contributed by atoms with E-state index in [-0.39, 0.29) is 18.6 Å². The highest BCUT2D eigenvalue weighted by Gasteiger charge is 2.27. The molecular formula is C22H25N3O4. The summed E-state index contributed by atoms with van der Waals surface area (Å²) in [6.45, 7) is 3.39. The molecule has 1 saturated heterocycles. The second-order valence-corrected chi connectivity index (χ2v) is 7.35. The number of benzene rings is 1. The summed E-state index contributed by atoms with van der Waals surface area (Å²) in [6.07, 6.45) is 3.45. The Morgan fingerprint density at radius 2 is 2.14 bits per heavy atom. The van der Waals surface area contributed by atoms with Crippen molar-refractivity contribution in [3.63, 3.8) is 0 Å². The molecule has 1 aliphatic rings. The number of pyridine rings is 1. The summed E-state index contributed by atoms with van der Waals surface area (Å²) in [5, 5.41) is 13.0. The van der Waals surface area contributed by atoms with Crippen LogP contribution in [-0.4, -0.2) is 53.0 Å². The molecule has 2 N–H and O–H groups in total. The number of hydrogen-bond acceptors (Lipinski definition) is 5. The van der Waals surface area contributed by atoms with Gasteiger partial charge in [0, 0.05) is 25.5 Å². The molecule has 0 radical (unpaired) electrons. The number of carbonyl (C=O) groups excluding carboxylic acids is 1. The number of aliphatic hydroxyl groups excluding tert-OH is 1. The van der Waals surface area contributed by atoms with Gasteiger partial charge >= 0.3 is 0 Å². The van der Waals surface area contributed by atoms with Crippen LogP contribution in [0, 0.1) is 6.92 Å². The van der Waals surface area contributed by atoms with Gasteiger partial charge in [-0.1, -0.05) is 12.1 Å². The normalized spacial score (nSPS) is 19.3. The lowest BCUT2D eigenvalue weighted by Gasteiger charge is -2.28. The Labute approximate surface area is 169 Å². The fraction of sp³-hybridized carbons (Fsp3) is 0.364. The average molecular weight is 395 g/mol. The lowest BCUT2D eigenvalue weighted by Crippen LogP contribution is -2.48. The molecular weight excluding hydrogens is 370 g/mol. The second-order valence-electron chi connectivity index (χ2n) is 7.35. The summed E-state index contributed by atoms with van der Waals surface area (Å²) in [5.74, 6) is 0.576. The lowest BCUT2D eigenvalue weighted by molar-refractivity contribution is -0.0260. The van der Waals surface area contributed by atoms with Gasteiger partial charge in [-0.15, -0.1) is 0 Å². The number of nitrogens with zero attached hydrogens (tertiary/aromatic N) is 2. The lowest BCUT2D eigenvalue weighted by atomic mass is 10.1. The van der Waals surface area contributed by atoms with Crippen molar-refractivity contribution in [2.45, 2.75) is 32.0 Å². The first kappa shape index (κ1) is 19.4. The number of aryl methyl sites for hydroxylation is 1. The van der Waals surface area contributed by atoms with Gasteiger partial charge in [-0.2, -0.15) is 0 Å². The monoisotopic (exact) mass is 395 g/mol. The Kier molecular flexibility index (Phi) is 5.51.